The van der Waals surface area contributed by atoms with Crippen molar-refractivity contribution in [2.45, 2.75) is 45.8 Å². The van der Waals surface area contributed by atoms with Crippen molar-refractivity contribution >= 4 is 11.8 Å². The fraction of sp³-hybridized carbons (Fsp3) is 0.235. The van der Waals surface area contributed by atoms with Crippen LogP contribution in [0, 0.1) is 20.8 Å². The van der Waals surface area contributed by atoms with E-state index in [1.807, 2.05) is 38.1 Å². The Labute approximate surface area is 224 Å². The van der Waals surface area contributed by atoms with Crippen LogP contribution in [0.2, 0.25) is 0 Å². The Bertz CT molecular complexity index is 1650. The second-order valence-corrected chi connectivity index (χ2v) is 11.3. The Kier molecular flexibility index (Phi) is 5.19. The number of phenolic OH excluding ortho intramolecular Hbond substituents is 2. The number of aromatic hydroxyl groups is 2. The zero-order valence-corrected chi connectivity index (χ0v) is 22.8. The Balaban J connectivity index is 1.56. The average Bonchev–Trinajstić information content (AvgIpc) is 3.05. The van der Waals surface area contributed by atoms with E-state index in [1.165, 1.54) is 5.56 Å². The van der Waals surface area contributed by atoms with Crippen molar-refractivity contribution in [2.75, 3.05) is 11.9 Å². The highest BCUT2D eigenvalue weighted by molar-refractivity contribution is 5.89. The largest absolute Gasteiger partial charge is 0.507 e. The fourth-order valence-electron chi connectivity index (χ4n) is 6.29. The molecule has 4 nitrogen and oxygen atoms in total. The van der Waals surface area contributed by atoms with Crippen LogP contribution in [0.1, 0.15) is 41.7 Å². The molecule has 4 heteroatoms. The van der Waals surface area contributed by atoms with Crippen LogP contribution in [0.5, 0.6) is 17.2 Å². The number of para-hydroxylation sites is 1. The van der Waals surface area contributed by atoms with Gasteiger partial charge in [-0.2, -0.15) is 0 Å². The zero-order chi connectivity index (χ0) is 27.0. The van der Waals surface area contributed by atoms with Gasteiger partial charge in [0, 0.05) is 40.6 Å². The number of hydrogen-bond acceptors (Lipinski definition) is 4. The number of benzene rings is 4. The number of ether oxygens (including phenoxy) is 1. The molecular weight excluding hydrogens is 470 g/mol. The Morgan fingerprint density at radius 1 is 0.737 bits per heavy atom. The zero-order valence-electron chi connectivity index (χ0n) is 22.8. The molecule has 1 atom stereocenters. The van der Waals surface area contributed by atoms with E-state index < -0.39 is 5.72 Å². The van der Waals surface area contributed by atoms with Crippen molar-refractivity contribution in [2.24, 2.45) is 0 Å². The SMILES string of the molecule is Cc1ccc(O)c(-c2cc(C)cc(-c3cc(C)cc4c3OC3(C=C4)N(C)c4ccccc4C3(C)C)c2O)c1. The molecule has 1 unspecified atom stereocenters. The van der Waals surface area contributed by atoms with Gasteiger partial charge in [-0.3, -0.25) is 0 Å². The van der Waals surface area contributed by atoms with Crippen molar-refractivity contribution in [3.05, 3.63) is 101 Å². The molecule has 0 saturated carbocycles. The van der Waals surface area contributed by atoms with Gasteiger partial charge in [-0.05, 0) is 106 Å². The van der Waals surface area contributed by atoms with Crippen LogP contribution in [0.4, 0.5) is 5.69 Å². The van der Waals surface area contributed by atoms with E-state index >= 15 is 0 Å². The predicted octanol–water partition coefficient (Wildman–Crippen LogP) is 7.89. The molecule has 38 heavy (non-hydrogen) atoms. The first-order valence-corrected chi connectivity index (χ1v) is 13.0. The minimum atomic E-state index is -0.731. The van der Waals surface area contributed by atoms with E-state index in [9.17, 15) is 10.2 Å². The van der Waals surface area contributed by atoms with Gasteiger partial charge in [0.1, 0.15) is 17.2 Å². The van der Waals surface area contributed by atoms with Gasteiger partial charge in [-0.15, -0.1) is 0 Å². The van der Waals surface area contributed by atoms with Gasteiger partial charge >= 0.3 is 0 Å². The van der Waals surface area contributed by atoms with Crippen LogP contribution in [-0.2, 0) is 5.41 Å². The smallest absolute Gasteiger partial charge is 0.211 e. The number of rotatable bonds is 2. The third-order valence-electron chi connectivity index (χ3n) is 8.33. The Morgan fingerprint density at radius 3 is 2.11 bits per heavy atom. The number of phenols is 2. The molecule has 1 spiro atoms. The summed E-state index contributed by atoms with van der Waals surface area (Å²) in [5.74, 6) is 1.00. The molecule has 2 aliphatic rings. The van der Waals surface area contributed by atoms with Gasteiger partial charge in [0.25, 0.3) is 0 Å². The van der Waals surface area contributed by atoms with Crippen LogP contribution in [0.15, 0.2) is 72.8 Å². The molecule has 0 saturated heterocycles. The summed E-state index contributed by atoms with van der Waals surface area (Å²) in [5.41, 5.74) is 8.09. The van der Waals surface area contributed by atoms with Gasteiger partial charge in [-0.1, -0.05) is 29.8 Å². The molecule has 2 heterocycles. The maximum atomic E-state index is 11.7. The highest BCUT2D eigenvalue weighted by Gasteiger charge is 2.57. The van der Waals surface area contributed by atoms with Crippen LogP contribution >= 0.6 is 0 Å². The summed E-state index contributed by atoms with van der Waals surface area (Å²) < 4.78 is 7.09. The quantitative estimate of drug-likeness (QED) is 0.292. The molecule has 6 rings (SSSR count). The first kappa shape index (κ1) is 24.2. The standard InChI is InChI=1S/C34H33NO3/c1-20-11-12-30(36)24(16-20)25-17-22(3)18-26(31(25)37)27-19-21(2)15-23-13-14-34(38-32(23)27)33(4,5)28-9-7-8-10-29(28)35(34)6/h7-19,36-37H,1-6H3. The minimum Gasteiger partial charge on any atom is -0.507 e. The topological polar surface area (TPSA) is 52.9 Å². The van der Waals surface area contributed by atoms with Crippen LogP contribution in [0.3, 0.4) is 0 Å². The van der Waals surface area contributed by atoms with Crippen LogP contribution in [-0.4, -0.2) is 23.0 Å². The number of aryl methyl sites for hydroxylation is 3. The van der Waals surface area contributed by atoms with Crippen molar-refractivity contribution in [3.63, 3.8) is 0 Å². The average molecular weight is 504 g/mol. The molecule has 0 aromatic heterocycles. The summed E-state index contributed by atoms with van der Waals surface area (Å²) >= 11 is 0. The molecule has 4 aromatic carbocycles. The van der Waals surface area contributed by atoms with E-state index in [4.69, 9.17) is 4.74 Å². The van der Waals surface area contributed by atoms with Crippen molar-refractivity contribution < 1.29 is 14.9 Å². The highest BCUT2D eigenvalue weighted by atomic mass is 16.5. The summed E-state index contributed by atoms with van der Waals surface area (Å²) in [6.45, 7) is 10.5. The third kappa shape index (κ3) is 3.29. The number of nitrogens with zero attached hydrogens (tertiary/aromatic N) is 1. The van der Waals surface area contributed by atoms with E-state index in [0.29, 0.717) is 16.7 Å². The first-order chi connectivity index (χ1) is 18.0. The second-order valence-electron chi connectivity index (χ2n) is 11.3. The van der Waals surface area contributed by atoms with Gasteiger partial charge in [0.15, 0.2) is 0 Å². The molecule has 0 radical (unpaired) electrons. The normalized spacial score (nSPS) is 18.8. The third-order valence-corrected chi connectivity index (χ3v) is 8.33. The Morgan fingerprint density at radius 2 is 1.37 bits per heavy atom. The number of fused-ring (bicyclic) bond motifs is 2. The second kappa shape index (κ2) is 8.16. The molecule has 0 fully saturated rings. The number of anilines is 1. The van der Waals surface area contributed by atoms with Crippen molar-refractivity contribution in [1.29, 1.82) is 0 Å². The van der Waals surface area contributed by atoms with E-state index in [0.717, 1.165) is 39.3 Å². The maximum absolute atomic E-state index is 11.7. The van der Waals surface area contributed by atoms with E-state index in [1.54, 1.807) is 6.07 Å². The number of likely N-dealkylation sites (N-methyl/N-ethyl adjacent to an activating group) is 1. The lowest BCUT2D eigenvalue weighted by Crippen LogP contribution is -2.58. The van der Waals surface area contributed by atoms with Crippen molar-refractivity contribution in [1.82, 2.24) is 0 Å². The minimum absolute atomic E-state index is 0.124. The Hall–Kier alpha value is -4.18. The summed E-state index contributed by atoms with van der Waals surface area (Å²) in [7, 11) is 2.08. The lowest BCUT2D eigenvalue weighted by atomic mass is 9.76. The molecule has 2 aliphatic heterocycles. The van der Waals surface area contributed by atoms with Gasteiger partial charge in [0.05, 0.1) is 5.41 Å². The summed E-state index contributed by atoms with van der Waals surface area (Å²) in [5, 5.41) is 22.3. The molecule has 4 aromatic rings. The molecule has 192 valence electrons. The number of hydrogen-bond donors (Lipinski definition) is 2. The molecular formula is C34H33NO3. The summed E-state index contributed by atoms with van der Waals surface area (Å²) in [6.07, 6.45) is 4.32. The molecule has 0 aliphatic carbocycles. The molecule has 0 bridgehead atoms. The maximum Gasteiger partial charge on any atom is 0.211 e. The lowest BCUT2D eigenvalue weighted by Gasteiger charge is -2.46. The highest BCUT2D eigenvalue weighted by Crippen LogP contribution is 2.56. The monoisotopic (exact) mass is 503 g/mol. The summed E-state index contributed by atoms with van der Waals surface area (Å²) in [6, 6.07) is 22.0. The predicted molar refractivity (Wildman–Crippen MR) is 155 cm³/mol. The van der Waals surface area contributed by atoms with Gasteiger partial charge in [-0.25, -0.2) is 0 Å². The summed E-state index contributed by atoms with van der Waals surface area (Å²) in [4.78, 5) is 2.22. The lowest BCUT2D eigenvalue weighted by molar-refractivity contribution is 0.0587. The molecule has 2 N–H and O–H groups in total. The fourth-order valence-corrected chi connectivity index (χ4v) is 6.29. The molecule has 0 amide bonds. The first-order valence-electron chi connectivity index (χ1n) is 13.0. The van der Waals surface area contributed by atoms with Crippen molar-refractivity contribution in [3.8, 4) is 39.5 Å². The van der Waals surface area contributed by atoms with Gasteiger partial charge in [0.2, 0.25) is 5.72 Å². The van der Waals surface area contributed by atoms with Crippen LogP contribution in [0.25, 0.3) is 28.3 Å². The van der Waals surface area contributed by atoms with Crippen LogP contribution < -0.4 is 9.64 Å². The van der Waals surface area contributed by atoms with Gasteiger partial charge < -0.3 is 19.8 Å². The van der Waals surface area contributed by atoms with E-state index in [2.05, 4.69) is 81.3 Å². The van der Waals surface area contributed by atoms with E-state index in [-0.39, 0.29) is 16.9 Å².